The van der Waals surface area contributed by atoms with E-state index in [-0.39, 0.29) is 18.5 Å². The first-order valence-electron chi connectivity index (χ1n) is 7.95. The summed E-state index contributed by atoms with van der Waals surface area (Å²) in [5, 5.41) is 14.6. The minimum atomic E-state index is -0.827. The number of hydrogen-bond donors (Lipinski definition) is 3. The highest BCUT2D eigenvalue weighted by Crippen LogP contribution is 2.15. The van der Waals surface area contributed by atoms with Crippen LogP contribution in [0.15, 0.2) is 0 Å². The Morgan fingerprint density at radius 1 is 1.43 bits per heavy atom. The maximum atomic E-state index is 12.0. The van der Waals surface area contributed by atoms with Crippen LogP contribution in [0.4, 0.5) is 0 Å². The fraction of sp³-hybridized carbons (Fsp3) is 0.867. The Morgan fingerprint density at radius 3 is 2.86 bits per heavy atom. The molecule has 0 aromatic carbocycles. The summed E-state index contributed by atoms with van der Waals surface area (Å²) in [5.74, 6) is -0.305. The molecule has 122 valence electrons. The second kappa shape index (κ2) is 9.73. The predicted molar refractivity (Wildman–Crippen MR) is 82.2 cm³/mol. The molecule has 0 aliphatic carbocycles. The molecule has 0 aromatic rings. The Kier molecular flexibility index (Phi) is 8.30. The Labute approximate surface area is 127 Å². The molecule has 0 bridgehead atoms. The lowest BCUT2D eigenvalue weighted by molar-refractivity contribution is -0.136. The van der Waals surface area contributed by atoms with E-state index in [0.29, 0.717) is 19.0 Å². The Balaban J connectivity index is 2.25. The van der Waals surface area contributed by atoms with E-state index < -0.39 is 5.97 Å². The average Bonchev–Trinajstić information content (AvgIpc) is 2.38. The van der Waals surface area contributed by atoms with Gasteiger partial charge in [0.2, 0.25) is 5.91 Å². The molecule has 1 heterocycles. The van der Waals surface area contributed by atoms with Gasteiger partial charge in [0, 0.05) is 12.6 Å². The molecule has 1 saturated heterocycles. The predicted octanol–water partition coefficient (Wildman–Crippen LogP) is 0.677. The van der Waals surface area contributed by atoms with Crippen molar-refractivity contribution in [3.63, 3.8) is 0 Å². The topological polar surface area (TPSA) is 81.7 Å². The summed E-state index contributed by atoms with van der Waals surface area (Å²) in [6.07, 6.45) is 4.24. The number of carboxylic acid groups (broad SMARTS) is 1. The van der Waals surface area contributed by atoms with Gasteiger partial charge in [0.05, 0.1) is 13.1 Å². The number of hydrogen-bond acceptors (Lipinski definition) is 4. The van der Waals surface area contributed by atoms with Gasteiger partial charge in [-0.1, -0.05) is 13.3 Å². The van der Waals surface area contributed by atoms with Crippen LogP contribution in [-0.4, -0.2) is 60.6 Å². The highest BCUT2D eigenvalue weighted by molar-refractivity contribution is 5.78. The number of carboxylic acids is 1. The summed E-state index contributed by atoms with van der Waals surface area (Å²) < 4.78 is 0. The summed E-state index contributed by atoms with van der Waals surface area (Å²) >= 11 is 0. The molecule has 0 spiro atoms. The summed E-state index contributed by atoms with van der Waals surface area (Å²) in [7, 11) is 0. The van der Waals surface area contributed by atoms with Crippen molar-refractivity contribution in [3.8, 4) is 0 Å². The van der Waals surface area contributed by atoms with Gasteiger partial charge in [-0.15, -0.1) is 0 Å². The molecule has 1 fully saturated rings. The third-order valence-corrected chi connectivity index (χ3v) is 3.81. The monoisotopic (exact) mass is 299 g/mol. The zero-order valence-electron chi connectivity index (χ0n) is 13.2. The van der Waals surface area contributed by atoms with Crippen molar-refractivity contribution < 1.29 is 14.7 Å². The molecule has 0 radical (unpaired) electrons. The van der Waals surface area contributed by atoms with E-state index in [9.17, 15) is 9.59 Å². The second-order valence-corrected chi connectivity index (χ2v) is 6.03. The Morgan fingerprint density at radius 2 is 2.19 bits per heavy atom. The molecule has 21 heavy (non-hydrogen) atoms. The number of carbonyl (C=O) groups excluding carboxylic acids is 1. The van der Waals surface area contributed by atoms with Crippen LogP contribution < -0.4 is 10.6 Å². The summed E-state index contributed by atoms with van der Waals surface area (Å²) in [6.45, 7) is 7.12. The SMILES string of the molecule is CCCC(C)NC(=O)CN1CCCC(CNCC(=O)O)C1. The number of rotatable bonds is 9. The molecule has 2 atom stereocenters. The normalized spacial score (nSPS) is 21.0. The van der Waals surface area contributed by atoms with E-state index in [1.54, 1.807) is 0 Å². The van der Waals surface area contributed by atoms with Gasteiger partial charge in [0.1, 0.15) is 0 Å². The minimum Gasteiger partial charge on any atom is -0.480 e. The van der Waals surface area contributed by atoms with Crippen LogP contribution >= 0.6 is 0 Å². The van der Waals surface area contributed by atoms with Gasteiger partial charge in [0.25, 0.3) is 0 Å². The fourth-order valence-electron chi connectivity index (χ4n) is 2.87. The molecule has 6 nitrogen and oxygen atoms in total. The van der Waals surface area contributed by atoms with Gasteiger partial charge in [0.15, 0.2) is 0 Å². The first-order chi connectivity index (χ1) is 10.0. The lowest BCUT2D eigenvalue weighted by atomic mass is 9.98. The van der Waals surface area contributed by atoms with Crippen LogP contribution in [0.2, 0.25) is 0 Å². The number of nitrogens with one attached hydrogen (secondary N) is 2. The number of likely N-dealkylation sites (tertiary alicyclic amines) is 1. The van der Waals surface area contributed by atoms with Gasteiger partial charge >= 0.3 is 5.97 Å². The van der Waals surface area contributed by atoms with Crippen LogP contribution in [0.3, 0.4) is 0 Å². The minimum absolute atomic E-state index is 0.00547. The van der Waals surface area contributed by atoms with Crippen molar-refractivity contribution in [3.05, 3.63) is 0 Å². The molecule has 0 aromatic heterocycles. The quantitative estimate of drug-likeness (QED) is 0.583. The van der Waals surface area contributed by atoms with Crippen LogP contribution in [0.1, 0.15) is 39.5 Å². The summed E-state index contributed by atoms with van der Waals surface area (Å²) in [4.78, 5) is 24.6. The molecule has 1 aliphatic heterocycles. The van der Waals surface area contributed by atoms with Crippen LogP contribution in [-0.2, 0) is 9.59 Å². The zero-order chi connectivity index (χ0) is 15.7. The summed E-state index contributed by atoms with van der Waals surface area (Å²) in [6, 6.07) is 0.236. The van der Waals surface area contributed by atoms with E-state index in [1.165, 1.54) is 0 Å². The molecule has 2 unspecified atom stereocenters. The lowest BCUT2D eigenvalue weighted by Gasteiger charge is -2.32. The van der Waals surface area contributed by atoms with Gasteiger partial charge in [-0.2, -0.15) is 0 Å². The van der Waals surface area contributed by atoms with Crippen molar-refractivity contribution in [1.29, 1.82) is 0 Å². The van der Waals surface area contributed by atoms with E-state index in [0.717, 1.165) is 38.8 Å². The molecular formula is C15H29N3O3. The van der Waals surface area contributed by atoms with Gasteiger partial charge in [-0.3, -0.25) is 14.5 Å². The molecule has 3 N–H and O–H groups in total. The Hall–Kier alpha value is -1.14. The fourth-order valence-corrected chi connectivity index (χ4v) is 2.87. The standard InChI is InChI=1S/C15H29N3O3/c1-3-5-12(2)17-14(19)11-18-7-4-6-13(10-18)8-16-9-15(20)21/h12-13,16H,3-11H2,1-2H3,(H,17,19)(H,20,21). The van der Waals surface area contributed by atoms with Gasteiger partial charge < -0.3 is 15.7 Å². The van der Waals surface area contributed by atoms with E-state index in [2.05, 4.69) is 22.5 Å². The molecule has 1 rings (SSSR count). The van der Waals surface area contributed by atoms with Crippen LogP contribution in [0.5, 0.6) is 0 Å². The number of aliphatic carboxylic acids is 1. The summed E-state index contributed by atoms with van der Waals surface area (Å²) in [5.41, 5.74) is 0. The maximum Gasteiger partial charge on any atom is 0.317 e. The Bertz CT molecular complexity index is 336. The van der Waals surface area contributed by atoms with Crippen molar-refractivity contribution in [2.45, 2.75) is 45.6 Å². The molecule has 1 amide bonds. The number of nitrogens with zero attached hydrogens (tertiary/aromatic N) is 1. The zero-order valence-corrected chi connectivity index (χ0v) is 13.2. The van der Waals surface area contributed by atoms with E-state index >= 15 is 0 Å². The first kappa shape index (κ1) is 17.9. The second-order valence-electron chi connectivity index (χ2n) is 6.03. The highest BCUT2D eigenvalue weighted by Gasteiger charge is 2.21. The van der Waals surface area contributed by atoms with Gasteiger partial charge in [-0.05, 0) is 45.2 Å². The molecule has 6 heteroatoms. The smallest absolute Gasteiger partial charge is 0.317 e. The van der Waals surface area contributed by atoms with E-state index in [4.69, 9.17) is 5.11 Å². The third-order valence-electron chi connectivity index (χ3n) is 3.81. The van der Waals surface area contributed by atoms with Crippen molar-refractivity contribution in [2.75, 3.05) is 32.7 Å². The number of carbonyl (C=O) groups is 2. The third kappa shape index (κ3) is 8.02. The largest absolute Gasteiger partial charge is 0.480 e. The molecule has 0 saturated carbocycles. The van der Waals surface area contributed by atoms with E-state index in [1.807, 2.05) is 6.92 Å². The molecular weight excluding hydrogens is 270 g/mol. The van der Waals surface area contributed by atoms with Gasteiger partial charge in [-0.25, -0.2) is 0 Å². The lowest BCUT2D eigenvalue weighted by Crippen LogP contribution is -2.46. The first-order valence-corrected chi connectivity index (χ1v) is 7.95. The highest BCUT2D eigenvalue weighted by atomic mass is 16.4. The van der Waals surface area contributed by atoms with Crippen molar-refractivity contribution in [1.82, 2.24) is 15.5 Å². The average molecular weight is 299 g/mol. The number of piperidine rings is 1. The van der Waals surface area contributed by atoms with Crippen molar-refractivity contribution >= 4 is 11.9 Å². The van der Waals surface area contributed by atoms with Crippen LogP contribution in [0, 0.1) is 5.92 Å². The number of amides is 1. The van der Waals surface area contributed by atoms with Crippen molar-refractivity contribution in [2.24, 2.45) is 5.92 Å². The van der Waals surface area contributed by atoms with Crippen LogP contribution in [0.25, 0.3) is 0 Å². The maximum absolute atomic E-state index is 12.0. The molecule has 1 aliphatic rings.